The van der Waals surface area contributed by atoms with Gasteiger partial charge in [-0.2, -0.15) is 0 Å². The van der Waals surface area contributed by atoms with Crippen molar-refractivity contribution in [3.05, 3.63) is 0 Å². The van der Waals surface area contributed by atoms with Crippen molar-refractivity contribution in [1.82, 2.24) is 4.90 Å². The van der Waals surface area contributed by atoms with Gasteiger partial charge in [0.25, 0.3) is 0 Å². The van der Waals surface area contributed by atoms with Gasteiger partial charge in [0.15, 0.2) is 0 Å². The predicted octanol–water partition coefficient (Wildman–Crippen LogP) is 2.67. The molecule has 0 radical (unpaired) electrons. The summed E-state index contributed by atoms with van der Waals surface area (Å²) < 4.78 is 0. The van der Waals surface area contributed by atoms with Gasteiger partial charge >= 0.3 is 5.97 Å². The van der Waals surface area contributed by atoms with Crippen molar-refractivity contribution in [2.75, 3.05) is 7.05 Å². The molecule has 0 aliphatic heterocycles. The van der Waals surface area contributed by atoms with E-state index in [1.807, 2.05) is 0 Å². The topological polar surface area (TPSA) is 57.6 Å². The van der Waals surface area contributed by atoms with Crippen LogP contribution in [0.2, 0.25) is 0 Å². The van der Waals surface area contributed by atoms with Gasteiger partial charge in [0.1, 0.15) is 6.04 Å². The fourth-order valence-corrected chi connectivity index (χ4v) is 2.77. The Morgan fingerprint density at radius 2 is 1.89 bits per heavy atom. The van der Waals surface area contributed by atoms with E-state index in [0.717, 1.165) is 6.42 Å². The first-order chi connectivity index (χ1) is 8.56. The molecule has 0 saturated heterocycles. The molecule has 1 aliphatic rings. The number of amides is 1. The Morgan fingerprint density at radius 1 is 1.28 bits per heavy atom. The molecule has 1 N–H and O–H groups in total. The van der Waals surface area contributed by atoms with Crippen LogP contribution >= 0.6 is 0 Å². The van der Waals surface area contributed by atoms with Crippen molar-refractivity contribution in [3.63, 3.8) is 0 Å². The SMILES string of the molecule is CCC(C(=O)O)N(C)C(=O)CCC1CCCCC1. The Morgan fingerprint density at radius 3 is 2.39 bits per heavy atom. The number of carbonyl (C=O) groups excluding carboxylic acids is 1. The van der Waals surface area contributed by atoms with E-state index >= 15 is 0 Å². The van der Waals surface area contributed by atoms with E-state index in [4.69, 9.17) is 5.11 Å². The van der Waals surface area contributed by atoms with Crippen molar-refractivity contribution >= 4 is 11.9 Å². The lowest BCUT2D eigenvalue weighted by Crippen LogP contribution is -2.42. The highest BCUT2D eigenvalue weighted by Gasteiger charge is 2.25. The number of carboxylic acids is 1. The molecule has 1 aliphatic carbocycles. The van der Waals surface area contributed by atoms with Crippen LogP contribution in [0.3, 0.4) is 0 Å². The van der Waals surface area contributed by atoms with Gasteiger partial charge in [0.2, 0.25) is 5.91 Å². The molecule has 4 nitrogen and oxygen atoms in total. The highest BCUT2D eigenvalue weighted by Crippen LogP contribution is 2.27. The summed E-state index contributed by atoms with van der Waals surface area (Å²) in [6, 6.07) is -0.677. The molecule has 1 saturated carbocycles. The Balaban J connectivity index is 2.36. The summed E-state index contributed by atoms with van der Waals surface area (Å²) in [6.07, 6.45) is 8.20. The first kappa shape index (κ1) is 15.0. The average molecular weight is 255 g/mol. The summed E-state index contributed by atoms with van der Waals surface area (Å²) in [5.41, 5.74) is 0. The first-order valence-electron chi connectivity index (χ1n) is 7.04. The molecule has 18 heavy (non-hydrogen) atoms. The number of hydrogen-bond donors (Lipinski definition) is 1. The minimum Gasteiger partial charge on any atom is -0.480 e. The standard InChI is InChI=1S/C14H25NO3/c1-3-12(14(17)18)15(2)13(16)10-9-11-7-5-4-6-8-11/h11-12H,3-10H2,1-2H3,(H,17,18). The van der Waals surface area contributed by atoms with E-state index in [1.165, 1.54) is 37.0 Å². The molecule has 0 aromatic heterocycles. The predicted molar refractivity (Wildman–Crippen MR) is 70.3 cm³/mol. The van der Waals surface area contributed by atoms with E-state index in [9.17, 15) is 9.59 Å². The van der Waals surface area contributed by atoms with Gasteiger partial charge in [-0.1, -0.05) is 39.0 Å². The zero-order valence-electron chi connectivity index (χ0n) is 11.5. The first-order valence-corrected chi connectivity index (χ1v) is 7.04. The minimum atomic E-state index is -0.911. The average Bonchev–Trinajstić information content (AvgIpc) is 2.37. The Kier molecular flexibility index (Phi) is 6.16. The van der Waals surface area contributed by atoms with Gasteiger partial charge in [-0.3, -0.25) is 4.79 Å². The lowest BCUT2D eigenvalue weighted by atomic mass is 9.86. The van der Waals surface area contributed by atoms with Crippen LogP contribution in [-0.4, -0.2) is 35.0 Å². The number of carboxylic acid groups (broad SMARTS) is 1. The van der Waals surface area contributed by atoms with Crippen molar-refractivity contribution in [3.8, 4) is 0 Å². The summed E-state index contributed by atoms with van der Waals surface area (Å²) in [5.74, 6) is -0.276. The maximum absolute atomic E-state index is 12.0. The molecule has 1 fully saturated rings. The fourth-order valence-electron chi connectivity index (χ4n) is 2.77. The number of likely N-dealkylation sites (N-methyl/N-ethyl adjacent to an activating group) is 1. The molecule has 0 bridgehead atoms. The third-order valence-corrected chi connectivity index (χ3v) is 4.02. The van der Waals surface area contributed by atoms with Crippen molar-refractivity contribution in [1.29, 1.82) is 0 Å². The number of hydrogen-bond acceptors (Lipinski definition) is 2. The summed E-state index contributed by atoms with van der Waals surface area (Å²) in [6.45, 7) is 1.80. The smallest absolute Gasteiger partial charge is 0.326 e. The second-order valence-electron chi connectivity index (χ2n) is 5.31. The summed E-state index contributed by atoms with van der Waals surface area (Å²) >= 11 is 0. The Hall–Kier alpha value is -1.06. The molecule has 1 atom stereocenters. The maximum atomic E-state index is 12.0. The third-order valence-electron chi connectivity index (χ3n) is 4.02. The quantitative estimate of drug-likeness (QED) is 0.793. The summed E-state index contributed by atoms with van der Waals surface area (Å²) in [7, 11) is 1.60. The van der Waals surface area contributed by atoms with E-state index in [1.54, 1.807) is 14.0 Å². The molecule has 0 heterocycles. The van der Waals surface area contributed by atoms with Gasteiger partial charge in [0.05, 0.1) is 0 Å². The van der Waals surface area contributed by atoms with E-state index in [0.29, 0.717) is 18.8 Å². The summed E-state index contributed by atoms with van der Waals surface area (Å²) in [5, 5.41) is 9.02. The molecule has 1 amide bonds. The van der Waals surface area contributed by atoms with Crippen LogP contribution in [0, 0.1) is 5.92 Å². The largest absolute Gasteiger partial charge is 0.480 e. The van der Waals surface area contributed by atoms with Crippen molar-refractivity contribution in [2.45, 2.75) is 64.3 Å². The molecule has 0 aromatic rings. The van der Waals surface area contributed by atoms with Crippen molar-refractivity contribution < 1.29 is 14.7 Å². The van der Waals surface area contributed by atoms with Crippen LogP contribution in [0.1, 0.15) is 58.3 Å². The Labute approximate surface area is 109 Å². The molecular formula is C14H25NO3. The minimum absolute atomic E-state index is 0.0326. The lowest BCUT2D eigenvalue weighted by Gasteiger charge is -2.26. The molecular weight excluding hydrogens is 230 g/mol. The highest BCUT2D eigenvalue weighted by atomic mass is 16.4. The molecule has 0 spiro atoms. The number of rotatable bonds is 6. The number of aliphatic carboxylic acids is 1. The molecule has 1 rings (SSSR count). The van der Waals surface area contributed by atoms with Crippen LogP contribution in [0.4, 0.5) is 0 Å². The second kappa shape index (κ2) is 7.39. The zero-order chi connectivity index (χ0) is 13.5. The van der Waals surface area contributed by atoms with E-state index in [-0.39, 0.29) is 5.91 Å². The van der Waals surface area contributed by atoms with E-state index in [2.05, 4.69) is 0 Å². The van der Waals surface area contributed by atoms with Crippen LogP contribution < -0.4 is 0 Å². The second-order valence-corrected chi connectivity index (χ2v) is 5.31. The number of carbonyl (C=O) groups is 2. The van der Waals surface area contributed by atoms with Gasteiger partial charge in [-0.25, -0.2) is 4.79 Å². The van der Waals surface area contributed by atoms with Crippen LogP contribution in [0.25, 0.3) is 0 Å². The van der Waals surface area contributed by atoms with Crippen molar-refractivity contribution in [2.24, 2.45) is 5.92 Å². The van der Waals surface area contributed by atoms with Crippen LogP contribution in [-0.2, 0) is 9.59 Å². The van der Waals surface area contributed by atoms with Gasteiger partial charge in [-0.05, 0) is 18.8 Å². The lowest BCUT2D eigenvalue weighted by molar-refractivity contribution is -0.149. The Bertz CT molecular complexity index is 285. The normalized spacial score (nSPS) is 18.3. The van der Waals surface area contributed by atoms with Crippen LogP contribution in [0.15, 0.2) is 0 Å². The maximum Gasteiger partial charge on any atom is 0.326 e. The summed E-state index contributed by atoms with van der Waals surface area (Å²) in [4.78, 5) is 24.3. The molecule has 0 aromatic carbocycles. The molecule has 4 heteroatoms. The molecule has 104 valence electrons. The van der Waals surface area contributed by atoms with E-state index < -0.39 is 12.0 Å². The van der Waals surface area contributed by atoms with Crippen LogP contribution in [0.5, 0.6) is 0 Å². The van der Waals surface area contributed by atoms with Gasteiger partial charge in [-0.15, -0.1) is 0 Å². The molecule has 1 unspecified atom stereocenters. The monoisotopic (exact) mass is 255 g/mol. The third kappa shape index (κ3) is 4.31. The highest BCUT2D eigenvalue weighted by molar-refractivity contribution is 5.83. The number of nitrogens with zero attached hydrogens (tertiary/aromatic N) is 1. The zero-order valence-corrected chi connectivity index (χ0v) is 11.5. The van der Waals surface area contributed by atoms with Gasteiger partial charge < -0.3 is 10.0 Å². The fraction of sp³-hybridized carbons (Fsp3) is 0.857. The van der Waals surface area contributed by atoms with Gasteiger partial charge in [0, 0.05) is 13.5 Å².